The Hall–Kier alpha value is -2.14. The second kappa shape index (κ2) is 6.16. The zero-order valence-corrected chi connectivity index (χ0v) is 13.7. The van der Waals surface area contributed by atoms with Crippen LogP contribution in [0.3, 0.4) is 0 Å². The van der Waals surface area contributed by atoms with Crippen LogP contribution in [0, 0.1) is 0 Å². The summed E-state index contributed by atoms with van der Waals surface area (Å²) in [6.45, 7) is 8.53. The van der Waals surface area contributed by atoms with E-state index in [1.54, 1.807) is 4.90 Å². The number of carbonyl (C=O) groups is 2. The van der Waals surface area contributed by atoms with Crippen molar-refractivity contribution in [3.05, 3.63) is 48.0 Å². The Balaban J connectivity index is 1.92. The number of likely N-dealkylation sites (N-methyl/N-ethyl adjacent to an activating group) is 1. The molecule has 0 aromatic heterocycles. The molecule has 0 N–H and O–H groups in total. The van der Waals surface area contributed by atoms with Crippen molar-refractivity contribution in [3.63, 3.8) is 0 Å². The Labute approximate surface area is 137 Å². The fourth-order valence-electron chi connectivity index (χ4n) is 3.60. The maximum absolute atomic E-state index is 13.2. The van der Waals surface area contributed by atoms with Crippen molar-refractivity contribution in [3.8, 4) is 0 Å². The van der Waals surface area contributed by atoms with Crippen molar-refractivity contribution in [2.75, 3.05) is 26.7 Å². The second-order valence-corrected chi connectivity index (χ2v) is 6.41. The van der Waals surface area contributed by atoms with Crippen molar-refractivity contribution < 1.29 is 9.59 Å². The van der Waals surface area contributed by atoms with E-state index in [1.807, 2.05) is 29.2 Å². The summed E-state index contributed by atoms with van der Waals surface area (Å²) in [4.78, 5) is 31.2. The third-order valence-corrected chi connectivity index (χ3v) is 4.81. The number of piperazine rings is 1. The van der Waals surface area contributed by atoms with E-state index in [4.69, 9.17) is 0 Å². The van der Waals surface area contributed by atoms with Crippen molar-refractivity contribution in [1.82, 2.24) is 14.7 Å². The van der Waals surface area contributed by atoms with Gasteiger partial charge in [-0.05, 0) is 31.2 Å². The molecule has 5 heteroatoms. The van der Waals surface area contributed by atoms with Gasteiger partial charge in [0.05, 0.1) is 0 Å². The first-order valence-electron chi connectivity index (χ1n) is 8.02. The van der Waals surface area contributed by atoms with E-state index in [0.717, 1.165) is 24.2 Å². The molecule has 0 aliphatic carbocycles. The summed E-state index contributed by atoms with van der Waals surface area (Å²) in [7, 11) is 2.07. The molecular formula is C18H23N3O2. The predicted molar refractivity (Wildman–Crippen MR) is 88.6 cm³/mol. The van der Waals surface area contributed by atoms with Crippen LogP contribution in [-0.2, 0) is 16.1 Å². The fraction of sp³-hybridized carbons (Fsp3) is 0.444. The minimum Gasteiger partial charge on any atom is -0.335 e. The normalized spacial score (nSPS) is 24.4. The molecule has 0 radical (unpaired) electrons. The lowest BCUT2D eigenvalue weighted by Crippen LogP contribution is -2.55. The van der Waals surface area contributed by atoms with Gasteiger partial charge in [0, 0.05) is 32.2 Å². The number of amides is 2. The van der Waals surface area contributed by atoms with Crippen LogP contribution >= 0.6 is 0 Å². The Morgan fingerprint density at radius 1 is 1.22 bits per heavy atom. The topological polar surface area (TPSA) is 43.9 Å². The van der Waals surface area contributed by atoms with E-state index in [0.29, 0.717) is 13.1 Å². The molecule has 2 atom stereocenters. The maximum atomic E-state index is 13.2. The maximum Gasteiger partial charge on any atom is 0.250 e. The molecule has 122 valence electrons. The van der Waals surface area contributed by atoms with E-state index in [1.165, 1.54) is 6.08 Å². The number of carbonyl (C=O) groups excluding carboxylic acids is 2. The molecule has 1 aromatic rings. The molecule has 23 heavy (non-hydrogen) atoms. The Bertz CT molecular complexity index is 643. The summed E-state index contributed by atoms with van der Waals surface area (Å²) < 4.78 is 0. The van der Waals surface area contributed by atoms with Gasteiger partial charge in [-0.15, -0.1) is 0 Å². The Morgan fingerprint density at radius 3 is 2.65 bits per heavy atom. The van der Waals surface area contributed by atoms with Crippen molar-refractivity contribution >= 4 is 11.8 Å². The Kier molecular flexibility index (Phi) is 4.22. The summed E-state index contributed by atoms with van der Waals surface area (Å²) in [5.41, 5.74) is 1.99. The molecule has 5 nitrogen and oxygen atoms in total. The lowest BCUT2D eigenvalue weighted by atomic mass is 10.0. The van der Waals surface area contributed by atoms with Gasteiger partial charge >= 0.3 is 0 Å². The largest absolute Gasteiger partial charge is 0.335 e. The number of hydrogen-bond donors (Lipinski definition) is 0. The molecule has 2 amide bonds. The molecule has 1 saturated heterocycles. The van der Waals surface area contributed by atoms with Gasteiger partial charge in [0.1, 0.15) is 6.04 Å². The molecule has 2 heterocycles. The molecule has 0 spiro atoms. The first-order valence-corrected chi connectivity index (χ1v) is 8.02. The first kappa shape index (κ1) is 15.7. The zero-order chi connectivity index (χ0) is 16.6. The van der Waals surface area contributed by atoms with Crippen LogP contribution < -0.4 is 0 Å². The highest BCUT2D eigenvalue weighted by atomic mass is 16.2. The summed E-state index contributed by atoms with van der Waals surface area (Å²) in [6.07, 6.45) is 1.29. The van der Waals surface area contributed by atoms with Crippen LogP contribution in [0.5, 0.6) is 0 Å². The highest BCUT2D eigenvalue weighted by molar-refractivity contribution is 5.94. The summed E-state index contributed by atoms with van der Waals surface area (Å²) >= 11 is 0. The smallest absolute Gasteiger partial charge is 0.250 e. The molecule has 1 aromatic carbocycles. The van der Waals surface area contributed by atoms with E-state index in [2.05, 4.69) is 25.5 Å². The van der Waals surface area contributed by atoms with Crippen molar-refractivity contribution in [2.45, 2.75) is 25.6 Å². The summed E-state index contributed by atoms with van der Waals surface area (Å²) in [5.74, 6) is -0.174. The van der Waals surface area contributed by atoms with Gasteiger partial charge in [0.2, 0.25) is 11.8 Å². The lowest BCUT2D eigenvalue weighted by Gasteiger charge is -2.40. The third kappa shape index (κ3) is 2.77. The number of rotatable bonds is 2. The monoisotopic (exact) mass is 313 g/mol. The van der Waals surface area contributed by atoms with Gasteiger partial charge in [0.25, 0.3) is 0 Å². The van der Waals surface area contributed by atoms with Gasteiger partial charge in [-0.25, -0.2) is 0 Å². The number of benzene rings is 1. The van der Waals surface area contributed by atoms with Crippen LogP contribution in [0.2, 0.25) is 0 Å². The van der Waals surface area contributed by atoms with Crippen LogP contribution in [0.4, 0.5) is 0 Å². The third-order valence-electron chi connectivity index (χ3n) is 4.81. The van der Waals surface area contributed by atoms with Crippen LogP contribution in [-0.4, -0.2) is 59.2 Å². The SMILES string of the molecule is C=CC(=O)N1Cc2ccccc2C1C(=O)N1CCN(C)C[C@@H]1C. The molecule has 3 rings (SSSR count). The Morgan fingerprint density at radius 2 is 1.96 bits per heavy atom. The molecule has 1 fully saturated rings. The van der Waals surface area contributed by atoms with Gasteiger partial charge in [-0.3, -0.25) is 9.59 Å². The van der Waals surface area contributed by atoms with Gasteiger partial charge in [-0.1, -0.05) is 30.8 Å². The molecule has 0 saturated carbocycles. The predicted octanol–water partition coefficient (Wildman–Crippen LogP) is 1.42. The highest BCUT2D eigenvalue weighted by Gasteiger charge is 2.41. The fourth-order valence-corrected chi connectivity index (χ4v) is 3.60. The second-order valence-electron chi connectivity index (χ2n) is 6.41. The number of nitrogens with zero attached hydrogens (tertiary/aromatic N) is 3. The number of fused-ring (bicyclic) bond motifs is 1. The van der Waals surface area contributed by atoms with Crippen molar-refractivity contribution in [2.24, 2.45) is 0 Å². The lowest BCUT2D eigenvalue weighted by molar-refractivity contribution is -0.146. The summed E-state index contributed by atoms with van der Waals surface area (Å²) in [6, 6.07) is 7.43. The first-order chi connectivity index (χ1) is 11.0. The molecular weight excluding hydrogens is 290 g/mol. The standard InChI is InChI=1S/C18H23N3O2/c1-4-16(22)21-12-14-7-5-6-8-15(14)17(21)18(23)20-10-9-19(3)11-13(20)2/h4-8,13,17H,1,9-12H2,2-3H3/t13-,17?/m0/s1. The molecule has 2 aliphatic rings. The van der Waals surface area contributed by atoms with Crippen LogP contribution in [0.1, 0.15) is 24.1 Å². The number of hydrogen-bond acceptors (Lipinski definition) is 3. The highest BCUT2D eigenvalue weighted by Crippen LogP contribution is 2.35. The average molecular weight is 313 g/mol. The van der Waals surface area contributed by atoms with Crippen LogP contribution in [0.15, 0.2) is 36.9 Å². The van der Waals surface area contributed by atoms with E-state index in [-0.39, 0.29) is 17.9 Å². The van der Waals surface area contributed by atoms with E-state index < -0.39 is 6.04 Å². The zero-order valence-electron chi connectivity index (χ0n) is 13.7. The minimum absolute atomic E-state index is 0.0192. The average Bonchev–Trinajstić information content (AvgIpc) is 2.93. The molecule has 2 aliphatic heterocycles. The minimum atomic E-state index is -0.525. The van der Waals surface area contributed by atoms with E-state index in [9.17, 15) is 9.59 Å². The summed E-state index contributed by atoms with van der Waals surface area (Å²) in [5, 5.41) is 0. The van der Waals surface area contributed by atoms with Gasteiger partial charge in [0.15, 0.2) is 0 Å². The van der Waals surface area contributed by atoms with Crippen LogP contribution in [0.25, 0.3) is 0 Å². The van der Waals surface area contributed by atoms with Gasteiger partial charge in [-0.2, -0.15) is 0 Å². The van der Waals surface area contributed by atoms with E-state index >= 15 is 0 Å². The quantitative estimate of drug-likeness (QED) is 0.776. The van der Waals surface area contributed by atoms with Crippen molar-refractivity contribution in [1.29, 1.82) is 0 Å². The molecule has 0 bridgehead atoms. The van der Waals surface area contributed by atoms with Gasteiger partial charge < -0.3 is 14.7 Å². The molecule has 1 unspecified atom stereocenters.